The molecule has 0 saturated carbocycles. The molecule has 6 bridgehead atoms. The van der Waals surface area contributed by atoms with E-state index in [4.69, 9.17) is 42.3 Å². The van der Waals surface area contributed by atoms with Crippen LogP contribution in [0.1, 0.15) is 142 Å². The maximum absolute atomic E-state index is 15.6. The monoisotopic (exact) mass is 1170 g/mol. The minimum absolute atomic E-state index is 0.0572. The van der Waals surface area contributed by atoms with Crippen LogP contribution in [0.4, 0.5) is 0 Å². The van der Waals surface area contributed by atoms with E-state index in [-0.39, 0.29) is 76.8 Å². The number of benzene rings is 2. The predicted octanol–water partition coefficient (Wildman–Crippen LogP) is 11.8. The summed E-state index contributed by atoms with van der Waals surface area (Å²) in [6.45, 7) is 29.2. The van der Waals surface area contributed by atoms with Crippen molar-refractivity contribution in [2.45, 2.75) is 251 Å². The summed E-state index contributed by atoms with van der Waals surface area (Å²) < 4.78 is 93.3. The molecule has 8 aliphatic rings. The van der Waals surface area contributed by atoms with Gasteiger partial charge in [0.2, 0.25) is 0 Å². The molecule has 8 saturated heterocycles. The molecule has 77 heavy (non-hydrogen) atoms. The van der Waals surface area contributed by atoms with Crippen LogP contribution in [-0.4, -0.2) is 131 Å². The number of esters is 1. The summed E-state index contributed by atoms with van der Waals surface area (Å²) in [5, 5.41) is 11.8. The fourth-order valence-electron chi connectivity index (χ4n) is 13.4. The lowest BCUT2D eigenvalue weighted by molar-refractivity contribution is -0.293. The van der Waals surface area contributed by atoms with Crippen LogP contribution in [-0.2, 0) is 52.2 Å². The lowest BCUT2D eigenvalue weighted by atomic mass is 9.78. The number of sulfone groups is 1. The Morgan fingerprint density at radius 1 is 0.883 bits per heavy atom. The summed E-state index contributed by atoms with van der Waals surface area (Å²) in [4.78, 5) is 13.4. The van der Waals surface area contributed by atoms with Crippen molar-refractivity contribution < 1.29 is 60.6 Å². The number of fused-ring (bicyclic) bond motifs is 1. The average Bonchev–Trinajstić information content (AvgIpc) is 3.99. The van der Waals surface area contributed by atoms with Crippen molar-refractivity contribution in [2.75, 3.05) is 6.61 Å². The zero-order valence-corrected chi connectivity index (χ0v) is 50.6. The van der Waals surface area contributed by atoms with E-state index in [1.807, 2.05) is 24.3 Å². The molecule has 20 atom stereocenters. The van der Waals surface area contributed by atoms with Crippen molar-refractivity contribution in [3.8, 4) is 0 Å². The first-order valence-electron chi connectivity index (χ1n) is 29.0. The van der Waals surface area contributed by atoms with Crippen LogP contribution >= 0.6 is 15.9 Å². The molecular formula is C61H89BrO13SSi. The van der Waals surface area contributed by atoms with E-state index in [0.717, 1.165) is 31.3 Å². The van der Waals surface area contributed by atoms with Gasteiger partial charge in [0.1, 0.15) is 36.6 Å². The number of aliphatic hydroxyl groups is 1. The van der Waals surface area contributed by atoms with E-state index < -0.39 is 83.8 Å². The molecule has 8 aliphatic heterocycles. The second-order valence-electron chi connectivity index (χ2n) is 25.5. The Kier molecular flexibility index (Phi) is 18.7. The lowest BCUT2D eigenvalue weighted by Gasteiger charge is -2.48. The second kappa shape index (κ2) is 24.3. The molecule has 2 aromatic rings. The summed E-state index contributed by atoms with van der Waals surface area (Å²) in [6, 6.07) is 17.5. The number of rotatable bonds is 23. The van der Waals surface area contributed by atoms with Gasteiger partial charge in [0, 0.05) is 44.6 Å². The molecule has 4 unspecified atom stereocenters. The number of halogens is 1. The van der Waals surface area contributed by atoms with Gasteiger partial charge in [-0.15, -0.1) is 0 Å². The summed E-state index contributed by atoms with van der Waals surface area (Å²) in [7, 11) is -6.22. The number of unbranched alkanes of at least 4 members (excludes halogenated alkanes) is 1. The molecule has 8 fully saturated rings. The number of hydrogen-bond donors (Lipinski definition) is 1. The van der Waals surface area contributed by atoms with E-state index in [0.29, 0.717) is 68.0 Å². The van der Waals surface area contributed by atoms with Gasteiger partial charge in [0.25, 0.3) is 0 Å². The molecule has 8 heterocycles. The molecule has 0 aromatic heterocycles. The molecule has 16 heteroatoms. The SMILES string of the molecule is C=C(Br)C[C@@H](CC[C@@]12C[C@H]3O[C@H]4C(O1)[C@H]1O[C@@H](CC(O)C([C@H]5C(C[C@H]6O[C@@H](CCCC)C[C@@H](C)C6=C)O[C@H](C[C@H](C)CO[Si](C)(C)C(C)(C)C)[C@@H]5C)S(=O)(=O)c5ccccc5)CC[C@@H]1O[C@H]4[C@H]3O2)OC(=O)c1ccccc1. The first-order valence-corrected chi connectivity index (χ1v) is 34.2. The van der Waals surface area contributed by atoms with E-state index >= 15 is 8.42 Å². The molecule has 0 radical (unpaired) electrons. The number of hydrogen-bond acceptors (Lipinski definition) is 13. The lowest BCUT2D eigenvalue weighted by Crippen LogP contribution is -2.62. The van der Waals surface area contributed by atoms with Gasteiger partial charge in [-0.05, 0) is 109 Å². The van der Waals surface area contributed by atoms with Gasteiger partial charge in [-0.3, -0.25) is 0 Å². The minimum Gasteiger partial charge on any atom is -0.458 e. The molecule has 2 aromatic carbocycles. The summed E-state index contributed by atoms with van der Waals surface area (Å²) in [5.41, 5.74) is 1.48. The molecule has 0 aliphatic carbocycles. The molecule has 0 amide bonds. The van der Waals surface area contributed by atoms with Crippen molar-refractivity contribution in [3.05, 3.63) is 89.4 Å². The van der Waals surface area contributed by atoms with Crippen LogP contribution in [0, 0.1) is 23.7 Å². The Labute approximate surface area is 469 Å². The highest BCUT2D eigenvalue weighted by atomic mass is 79.9. The second-order valence-corrected chi connectivity index (χ2v) is 33.6. The standard InChI is InChI=1S/C61H89BrO13SSi/c1-12-13-22-42-30-37(3)39(5)49(68-42)33-50-52(40(6)48(71-50)29-36(2)35-67-77(10,11)60(7,8)9)58(76(65,66)45-23-18-15-19-24-45)46(63)32-43-25-26-47-53(69-43)57-56-55(72-47)54-51(73-56)34-61(74-54,75-57)28-27-44(31-38(4)62)70-59(64)41-20-16-14-17-21-41/h14-21,23-24,36-37,40,42-44,46-58,63H,4-5,12-13,22,25-35H2,1-3,6-11H3/t36-,37+,40-,42-,43+,44+,46?,47-,48+,49+,50?,51+,52+,53-,54-,55-,56+,57?,58?,61-/m0/s1. The van der Waals surface area contributed by atoms with E-state index in [1.165, 1.54) is 0 Å². The van der Waals surface area contributed by atoms with Gasteiger partial charge in [0.15, 0.2) is 23.9 Å². The number of carbonyl (C=O) groups is 1. The van der Waals surface area contributed by atoms with Crippen molar-refractivity contribution in [3.63, 3.8) is 0 Å². The van der Waals surface area contributed by atoms with Crippen molar-refractivity contribution in [1.29, 1.82) is 0 Å². The van der Waals surface area contributed by atoms with Crippen LogP contribution in [0.25, 0.3) is 0 Å². The number of aliphatic hydroxyl groups excluding tert-OH is 1. The third kappa shape index (κ3) is 13.0. The Bertz CT molecular complexity index is 2460. The van der Waals surface area contributed by atoms with Gasteiger partial charge in [-0.25, -0.2) is 13.2 Å². The van der Waals surface area contributed by atoms with E-state index in [9.17, 15) is 9.90 Å². The van der Waals surface area contributed by atoms with Crippen LogP contribution in [0.3, 0.4) is 0 Å². The Hall–Kier alpha value is -2.32. The normalized spacial score (nSPS) is 36.5. The third-order valence-electron chi connectivity index (χ3n) is 18.8. The quantitative estimate of drug-likeness (QED) is 0.0638. The van der Waals surface area contributed by atoms with Gasteiger partial charge < -0.3 is 47.4 Å². The fourth-order valence-corrected chi connectivity index (χ4v) is 17.1. The zero-order valence-electron chi connectivity index (χ0n) is 47.2. The van der Waals surface area contributed by atoms with Gasteiger partial charge >= 0.3 is 5.97 Å². The molecule has 10 rings (SSSR count). The largest absolute Gasteiger partial charge is 0.458 e. The summed E-state index contributed by atoms with van der Waals surface area (Å²) >= 11 is 3.50. The summed E-state index contributed by atoms with van der Waals surface area (Å²) in [5.74, 6) is -1.92. The maximum Gasteiger partial charge on any atom is 0.338 e. The van der Waals surface area contributed by atoms with Crippen molar-refractivity contribution in [1.82, 2.24) is 0 Å². The molecule has 0 spiro atoms. The van der Waals surface area contributed by atoms with E-state index in [1.54, 1.807) is 36.4 Å². The highest BCUT2D eigenvalue weighted by Gasteiger charge is 2.69. The Morgan fingerprint density at radius 2 is 1.56 bits per heavy atom. The highest BCUT2D eigenvalue weighted by molar-refractivity contribution is 9.11. The van der Waals surface area contributed by atoms with Crippen LogP contribution in [0.2, 0.25) is 18.1 Å². The fraction of sp³-hybridized carbons (Fsp3) is 0.721. The molecule has 13 nitrogen and oxygen atoms in total. The smallest absolute Gasteiger partial charge is 0.338 e. The van der Waals surface area contributed by atoms with Crippen LogP contribution < -0.4 is 0 Å². The molecule has 1 N–H and O–H groups in total. The molecule has 428 valence electrons. The van der Waals surface area contributed by atoms with Crippen LogP contribution in [0.5, 0.6) is 0 Å². The topological polar surface area (TPSA) is 155 Å². The summed E-state index contributed by atoms with van der Waals surface area (Å²) in [6.07, 6.45) is 1.89. The Balaban J connectivity index is 0.967. The van der Waals surface area contributed by atoms with Gasteiger partial charge in [-0.1, -0.05) is 127 Å². The zero-order chi connectivity index (χ0) is 55.2. The molecular weight excluding hydrogens is 1080 g/mol. The first-order chi connectivity index (χ1) is 36.5. The van der Waals surface area contributed by atoms with Gasteiger partial charge in [-0.2, -0.15) is 0 Å². The number of ether oxygens (including phenoxy) is 8. The van der Waals surface area contributed by atoms with E-state index in [2.05, 4.69) is 90.6 Å². The Morgan fingerprint density at radius 3 is 2.25 bits per heavy atom. The van der Waals surface area contributed by atoms with Crippen molar-refractivity contribution >= 4 is 40.1 Å². The predicted molar refractivity (Wildman–Crippen MR) is 302 cm³/mol. The number of carbonyl (C=O) groups excluding carboxylic acids is 1. The van der Waals surface area contributed by atoms with Crippen LogP contribution in [0.15, 0.2) is 88.8 Å². The highest BCUT2D eigenvalue weighted by Crippen LogP contribution is 2.55. The first kappa shape index (κ1) is 59.3. The minimum atomic E-state index is -4.18. The average molecular weight is 1170 g/mol. The van der Waals surface area contributed by atoms with Crippen molar-refractivity contribution in [2.24, 2.45) is 23.7 Å². The van der Waals surface area contributed by atoms with Gasteiger partial charge in [0.05, 0.1) is 64.5 Å². The third-order valence-corrected chi connectivity index (χ3v) is 25.9. The maximum atomic E-state index is 15.6.